The Morgan fingerprint density at radius 1 is 0.929 bits per heavy atom. The summed E-state index contributed by atoms with van der Waals surface area (Å²) < 4.78 is 0. The number of benzene rings is 3. The molecule has 0 nitrogen and oxygen atoms in total. The summed E-state index contributed by atoms with van der Waals surface area (Å²) >= 11 is 8.31. The van der Waals surface area contributed by atoms with Crippen molar-refractivity contribution in [3.05, 3.63) is 106 Å². The van der Waals surface area contributed by atoms with Gasteiger partial charge in [-0.2, -0.15) is 0 Å². The van der Waals surface area contributed by atoms with Gasteiger partial charge in [0.2, 0.25) is 0 Å². The first-order valence-corrected chi connectivity index (χ1v) is 11.1. The van der Waals surface area contributed by atoms with Crippen molar-refractivity contribution in [2.75, 3.05) is 0 Å². The van der Waals surface area contributed by atoms with Crippen molar-refractivity contribution in [1.82, 2.24) is 0 Å². The van der Waals surface area contributed by atoms with E-state index in [-0.39, 0.29) is 0 Å². The summed E-state index contributed by atoms with van der Waals surface area (Å²) in [6, 6.07) is 23.8. The van der Waals surface area contributed by atoms with Crippen molar-refractivity contribution < 1.29 is 0 Å². The Bertz CT molecular complexity index is 914. The normalized spacial score (nSPS) is 13.3. The van der Waals surface area contributed by atoms with Crippen molar-refractivity contribution in [1.29, 1.82) is 0 Å². The topological polar surface area (TPSA) is 0 Å². The molecule has 0 amide bonds. The van der Waals surface area contributed by atoms with E-state index >= 15 is 0 Å². The summed E-state index contributed by atoms with van der Waals surface area (Å²) in [6.45, 7) is 10.6. The van der Waals surface area contributed by atoms with Gasteiger partial charge in [0, 0.05) is 21.1 Å². The molecule has 0 heterocycles. The van der Waals surface area contributed by atoms with E-state index in [0.717, 1.165) is 23.4 Å². The first kappa shape index (κ1) is 21.0. The van der Waals surface area contributed by atoms with Crippen LogP contribution in [0.2, 0.25) is 5.02 Å². The lowest BCUT2D eigenvalue weighted by molar-refractivity contribution is 0.626. The molecule has 0 saturated carbocycles. The molecule has 2 heteroatoms. The summed E-state index contributed by atoms with van der Waals surface area (Å²) in [5, 5.41) is 1.28. The minimum Gasteiger partial charge on any atom is -0.122 e. The maximum atomic E-state index is 6.35. The van der Waals surface area contributed by atoms with Crippen LogP contribution in [0.4, 0.5) is 0 Å². The van der Waals surface area contributed by atoms with Crippen LogP contribution in [0, 0.1) is 20.8 Å². The van der Waals surface area contributed by atoms with Gasteiger partial charge in [-0.15, -0.1) is 11.8 Å². The molecule has 3 aromatic carbocycles. The smallest absolute Gasteiger partial charge is 0.0408 e. The van der Waals surface area contributed by atoms with Gasteiger partial charge in [0.25, 0.3) is 0 Å². The van der Waals surface area contributed by atoms with Crippen LogP contribution in [0.3, 0.4) is 0 Å². The van der Waals surface area contributed by atoms with Gasteiger partial charge in [0.05, 0.1) is 0 Å². The van der Waals surface area contributed by atoms with Crippen LogP contribution in [0.25, 0.3) is 0 Å². The third-order valence-corrected chi connectivity index (χ3v) is 7.11. The van der Waals surface area contributed by atoms with Crippen LogP contribution in [0.5, 0.6) is 0 Å². The minimum absolute atomic E-state index is 0.398. The van der Waals surface area contributed by atoms with Gasteiger partial charge in [-0.3, -0.25) is 0 Å². The highest BCUT2D eigenvalue weighted by molar-refractivity contribution is 8.00. The second-order valence-corrected chi connectivity index (χ2v) is 9.24. The summed E-state index contributed by atoms with van der Waals surface area (Å²) in [5.74, 6) is 0.398. The summed E-state index contributed by atoms with van der Waals surface area (Å²) in [5.41, 5.74) is 6.46. The summed E-state index contributed by atoms with van der Waals surface area (Å²) in [6.07, 6.45) is 2.11. The third kappa shape index (κ3) is 5.43. The number of rotatable bonds is 7. The van der Waals surface area contributed by atoms with Crippen LogP contribution in [0.15, 0.2) is 71.6 Å². The fourth-order valence-corrected chi connectivity index (χ4v) is 5.00. The highest BCUT2D eigenvalue weighted by atomic mass is 35.5. The molecule has 0 saturated heterocycles. The molecule has 145 valence electrons. The van der Waals surface area contributed by atoms with Crippen LogP contribution in [-0.2, 0) is 6.42 Å². The molecule has 0 aliphatic heterocycles. The summed E-state index contributed by atoms with van der Waals surface area (Å²) in [4.78, 5) is 1.30. The zero-order valence-electron chi connectivity index (χ0n) is 16.9. The molecule has 0 aliphatic rings. The van der Waals surface area contributed by atoms with Gasteiger partial charge < -0.3 is 0 Å². The van der Waals surface area contributed by atoms with E-state index in [1.807, 2.05) is 17.8 Å². The van der Waals surface area contributed by atoms with Gasteiger partial charge in [-0.1, -0.05) is 61.0 Å². The Hall–Kier alpha value is -1.70. The van der Waals surface area contributed by atoms with E-state index in [1.54, 1.807) is 0 Å². The van der Waals surface area contributed by atoms with Crippen LogP contribution >= 0.6 is 23.4 Å². The molecular weight excluding hydrogens is 380 g/mol. The van der Waals surface area contributed by atoms with E-state index in [2.05, 4.69) is 88.4 Å². The van der Waals surface area contributed by atoms with E-state index in [1.165, 1.54) is 27.1 Å². The Morgan fingerprint density at radius 3 is 2.32 bits per heavy atom. The first-order chi connectivity index (χ1) is 13.5. The van der Waals surface area contributed by atoms with Crippen LogP contribution < -0.4 is 0 Å². The van der Waals surface area contributed by atoms with Crippen LogP contribution in [0.1, 0.15) is 47.1 Å². The highest BCUT2D eigenvalue weighted by Gasteiger charge is 2.24. The minimum atomic E-state index is 0.398. The number of hydrogen-bond donors (Lipinski definition) is 0. The van der Waals surface area contributed by atoms with Gasteiger partial charge in [0.1, 0.15) is 0 Å². The van der Waals surface area contributed by atoms with Crippen molar-refractivity contribution in [2.45, 2.75) is 49.7 Å². The van der Waals surface area contributed by atoms with E-state index < -0.39 is 0 Å². The standard InChI is InChI=1S/C26H28ClS/c1-5-26(28-24-13-9-18(2)10-14-24)25(22-7-6-8-23(27)17-22)16-21-12-11-19(3)20(4)15-21/h6-15,17,25-26H,2,5,16H2,1,3-4H3. The summed E-state index contributed by atoms with van der Waals surface area (Å²) in [7, 11) is 0. The lowest BCUT2D eigenvalue weighted by atomic mass is 9.87. The SMILES string of the molecule is [CH2]c1ccc(SC(CC)C(Cc2ccc(C)c(C)c2)c2cccc(Cl)c2)cc1. The van der Waals surface area contributed by atoms with E-state index in [4.69, 9.17) is 11.6 Å². The van der Waals surface area contributed by atoms with Crippen molar-refractivity contribution in [2.24, 2.45) is 0 Å². The lowest BCUT2D eigenvalue weighted by Gasteiger charge is -2.27. The van der Waals surface area contributed by atoms with Gasteiger partial charge >= 0.3 is 0 Å². The first-order valence-electron chi connectivity index (χ1n) is 9.86. The van der Waals surface area contributed by atoms with Gasteiger partial charge in [-0.05, 0) is 85.7 Å². The molecule has 1 radical (unpaired) electrons. The average molecular weight is 408 g/mol. The Balaban J connectivity index is 1.93. The number of halogens is 1. The number of aryl methyl sites for hydroxylation is 2. The Morgan fingerprint density at radius 2 is 1.68 bits per heavy atom. The molecule has 0 N–H and O–H groups in total. The highest BCUT2D eigenvalue weighted by Crippen LogP contribution is 2.38. The molecule has 2 atom stereocenters. The monoisotopic (exact) mass is 407 g/mol. The zero-order valence-corrected chi connectivity index (χ0v) is 18.5. The fraction of sp³-hybridized carbons (Fsp3) is 0.269. The zero-order chi connectivity index (χ0) is 20.1. The molecule has 0 bridgehead atoms. The van der Waals surface area contributed by atoms with E-state index in [0.29, 0.717) is 11.2 Å². The Labute approximate surface area is 179 Å². The van der Waals surface area contributed by atoms with Crippen molar-refractivity contribution in [3.8, 4) is 0 Å². The van der Waals surface area contributed by atoms with E-state index in [9.17, 15) is 0 Å². The third-order valence-electron chi connectivity index (χ3n) is 5.37. The largest absolute Gasteiger partial charge is 0.122 e. The predicted molar refractivity (Wildman–Crippen MR) is 125 cm³/mol. The molecule has 3 aromatic rings. The van der Waals surface area contributed by atoms with Crippen molar-refractivity contribution in [3.63, 3.8) is 0 Å². The quantitative estimate of drug-likeness (QED) is 0.357. The molecule has 0 aliphatic carbocycles. The van der Waals surface area contributed by atoms with Gasteiger partial charge in [-0.25, -0.2) is 0 Å². The average Bonchev–Trinajstić information content (AvgIpc) is 2.68. The molecule has 0 spiro atoms. The van der Waals surface area contributed by atoms with Gasteiger partial charge in [0.15, 0.2) is 0 Å². The molecule has 2 unspecified atom stereocenters. The molecule has 28 heavy (non-hydrogen) atoms. The maximum Gasteiger partial charge on any atom is 0.0408 e. The second-order valence-electron chi connectivity index (χ2n) is 7.49. The molecule has 0 fully saturated rings. The second kappa shape index (κ2) is 9.67. The van der Waals surface area contributed by atoms with Crippen molar-refractivity contribution >= 4 is 23.4 Å². The number of hydrogen-bond acceptors (Lipinski definition) is 1. The Kier molecular flexibility index (Phi) is 7.26. The molecular formula is C26H28ClS. The number of thioether (sulfide) groups is 1. The fourth-order valence-electron chi connectivity index (χ4n) is 3.58. The molecule has 0 aromatic heterocycles. The molecule has 3 rings (SSSR count). The van der Waals surface area contributed by atoms with Crippen LogP contribution in [-0.4, -0.2) is 5.25 Å². The predicted octanol–water partition coefficient (Wildman–Crippen LogP) is 8.04. The maximum absolute atomic E-state index is 6.35. The lowest BCUT2D eigenvalue weighted by Crippen LogP contribution is -2.17.